The number of ether oxygens (including phenoxy) is 2. The molecule has 2 amide bonds. The standard InChI is InChI=1S/C26H28N2O8S/c1-13-14(2)23-21(15(3)22(13)31)18(27-34)10-26(4,36-23)12-35-17-7-5-16(6-8-17)9-19-24(32)28(11-20(29)30)25(33)37-19/h5-8,19,31,34H,9-12H2,1-4H3,(H,29,30). The van der Waals surface area contributed by atoms with Crippen molar-refractivity contribution in [2.75, 3.05) is 13.2 Å². The summed E-state index contributed by atoms with van der Waals surface area (Å²) in [6, 6.07) is 7.06. The van der Waals surface area contributed by atoms with E-state index >= 15 is 0 Å². The van der Waals surface area contributed by atoms with Crippen molar-refractivity contribution in [2.24, 2.45) is 5.16 Å². The molecular formula is C26H28N2O8S. The van der Waals surface area contributed by atoms with E-state index in [2.05, 4.69) is 5.16 Å². The highest BCUT2D eigenvalue weighted by Crippen LogP contribution is 2.43. The summed E-state index contributed by atoms with van der Waals surface area (Å²) < 4.78 is 12.3. The summed E-state index contributed by atoms with van der Waals surface area (Å²) in [5.74, 6) is -0.475. The number of phenols is 1. The van der Waals surface area contributed by atoms with Crippen molar-refractivity contribution in [2.45, 2.75) is 51.4 Å². The predicted molar refractivity (Wildman–Crippen MR) is 136 cm³/mol. The van der Waals surface area contributed by atoms with Gasteiger partial charge in [-0.2, -0.15) is 0 Å². The molecule has 0 aliphatic carbocycles. The number of phenolic OH excluding ortho intramolecular Hbond substituents is 1. The molecule has 2 aliphatic rings. The molecule has 2 unspecified atom stereocenters. The number of benzene rings is 2. The zero-order chi connectivity index (χ0) is 27.1. The first-order chi connectivity index (χ1) is 17.4. The number of aliphatic carboxylic acids is 1. The lowest BCUT2D eigenvalue weighted by Gasteiger charge is -2.37. The van der Waals surface area contributed by atoms with Crippen LogP contribution in [0.2, 0.25) is 0 Å². The van der Waals surface area contributed by atoms with Gasteiger partial charge in [0.25, 0.3) is 5.24 Å². The maximum atomic E-state index is 12.4. The summed E-state index contributed by atoms with van der Waals surface area (Å²) in [7, 11) is 0. The molecule has 4 rings (SSSR count). The van der Waals surface area contributed by atoms with Crippen LogP contribution in [0, 0.1) is 20.8 Å². The highest BCUT2D eigenvalue weighted by Gasteiger charge is 2.41. The average molecular weight is 529 g/mol. The summed E-state index contributed by atoms with van der Waals surface area (Å²) in [6.45, 7) is 6.77. The van der Waals surface area contributed by atoms with Crippen LogP contribution in [0.15, 0.2) is 29.4 Å². The molecule has 0 saturated carbocycles. The smallest absolute Gasteiger partial charge is 0.323 e. The fourth-order valence-corrected chi connectivity index (χ4v) is 5.58. The second-order valence-corrected chi connectivity index (χ2v) is 10.7. The first-order valence-corrected chi connectivity index (χ1v) is 12.5. The molecule has 2 heterocycles. The van der Waals surface area contributed by atoms with E-state index in [9.17, 15) is 24.7 Å². The lowest BCUT2D eigenvalue weighted by Crippen LogP contribution is -2.45. The number of thioether (sulfide) groups is 1. The number of amides is 2. The Bertz CT molecular complexity index is 1310. The van der Waals surface area contributed by atoms with Crippen LogP contribution in [0.4, 0.5) is 4.79 Å². The molecular weight excluding hydrogens is 500 g/mol. The van der Waals surface area contributed by atoms with Crippen molar-refractivity contribution in [3.8, 4) is 17.2 Å². The first-order valence-electron chi connectivity index (χ1n) is 11.6. The van der Waals surface area contributed by atoms with Crippen LogP contribution in [0.3, 0.4) is 0 Å². The van der Waals surface area contributed by atoms with Gasteiger partial charge in [0.2, 0.25) is 5.91 Å². The quantitative estimate of drug-likeness (QED) is 0.361. The number of carbonyl (C=O) groups excluding carboxylic acids is 2. The fourth-order valence-electron chi connectivity index (χ4n) is 4.55. The van der Waals surface area contributed by atoms with Gasteiger partial charge in [0.05, 0.1) is 11.0 Å². The Morgan fingerprint density at radius 3 is 2.49 bits per heavy atom. The molecule has 196 valence electrons. The van der Waals surface area contributed by atoms with Crippen molar-refractivity contribution >= 4 is 34.6 Å². The van der Waals surface area contributed by atoms with Crippen molar-refractivity contribution in [1.82, 2.24) is 4.90 Å². The number of fused-ring (bicyclic) bond motifs is 1. The Labute approximate surface area is 217 Å². The van der Waals surface area contributed by atoms with Crippen LogP contribution in [-0.4, -0.2) is 67.2 Å². The molecule has 2 aliphatic heterocycles. The third-order valence-corrected chi connectivity index (χ3v) is 7.78. The fraction of sp³-hybridized carbons (Fsp3) is 0.385. The number of carboxylic acids is 1. The van der Waals surface area contributed by atoms with E-state index < -0.39 is 34.5 Å². The second kappa shape index (κ2) is 9.97. The van der Waals surface area contributed by atoms with Gasteiger partial charge in [-0.05, 0) is 62.9 Å². The van der Waals surface area contributed by atoms with E-state index in [4.69, 9.17) is 14.6 Å². The minimum Gasteiger partial charge on any atom is -0.507 e. The number of imide groups is 1. The molecule has 0 radical (unpaired) electrons. The molecule has 0 aromatic heterocycles. The number of carbonyl (C=O) groups is 3. The Morgan fingerprint density at radius 1 is 1.19 bits per heavy atom. The summed E-state index contributed by atoms with van der Waals surface area (Å²) >= 11 is 0.831. The van der Waals surface area contributed by atoms with Gasteiger partial charge in [-0.15, -0.1) is 0 Å². The number of hydrogen-bond donors (Lipinski definition) is 3. The summed E-state index contributed by atoms with van der Waals surface area (Å²) in [5, 5.41) is 31.3. The van der Waals surface area contributed by atoms with Crippen molar-refractivity contribution < 1.29 is 39.3 Å². The Kier molecular flexibility index (Phi) is 7.09. The van der Waals surface area contributed by atoms with Crippen LogP contribution >= 0.6 is 11.8 Å². The molecule has 11 heteroatoms. The molecule has 2 aromatic carbocycles. The minimum atomic E-state index is -1.24. The first kappa shape index (κ1) is 26.3. The highest BCUT2D eigenvalue weighted by atomic mass is 32.2. The van der Waals surface area contributed by atoms with Gasteiger partial charge in [-0.25, -0.2) is 0 Å². The molecule has 10 nitrogen and oxygen atoms in total. The molecule has 37 heavy (non-hydrogen) atoms. The number of aromatic hydroxyl groups is 1. The van der Waals surface area contributed by atoms with E-state index in [1.54, 1.807) is 38.1 Å². The average Bonchev–Trinajstić information content (AvgIpc) is 3.12. The molecule has 0 spiro atoms. The number of hydrogen-bond acceptors (Lipinski definition) is 9. The zero-order valence-corrected chi connectivity index (χ0v) is 21.7. The number of oxime groups is 1. The van der Waals surface area contributed by atoms with E-state index in [1.165, 1.54) is 0 Å². The lowest BCUT2D eigenvalue weighted by molar-refractivity contribution is -0.141. The van der Waals surface area contributed by atoms with Crippen molar-refractivity contribution in [1.29, 1.82) is 0 Å². The van der Waals surface area contributed by atoms with E-state index in [0.29, 0.717) is 33.9 Å². The molecule has 1 fully saturated rings. The van der Waals surface area contributed by atoms with Gasteiger partial charge in [-0.1, -0.05) is 29.1 Å². The second-order valence-electron chi connectivity index (χ2n) is 9.53. The number of carboxylic acid groups (broad SMARTS) is 1. The zero-order valence-electron chi connectivity index (χ0n) is 20.9. The van der Waals surface area contributed by atoms with Gasteiger partial charge in [-0.3, -0.25) is 19.3 Å². The Hall–Kier alpha value is -3.73. The largest absolute Gasteiger partial charge is 0.507 e. The van der Waals surface area contributed by atoms with Gasteiger partial charge < -0.3 is 24.9 Å². The summed E-state index contributed by atoms with van der Waals surface area (Å²) in [5.41, 5.74) is 3.00. The van der Waals surface area contributed by atoms with Gasteiger partial charge in [0.15, 0.2) is 0 Å². The van der Waals surface area contributed by atoms with E-state index in [1.807, 2.05) is 13.8 Å². The van der Waals surface area contributed by atoms with Crippen molar-refractivity contribution in [3.05, 3.63) is 52.1 Å². The minimum absolute atomic E-state index is 0.151. The van der Waals surface area contributed by atoms with Gasteiger partial charge >= 0.3 is 5.97 Å². The molecule has 0 bridgehead atoms. The third kappa shape index (κ3) is 5.08. The maximum absolute atomic E-state index is 12.4. The highest BCUT2D eigenvalue weighted by molar-refractivity contribution is 8.15. The van der Waals surface area contributed by atoms with E-state index in [0.717, 1.165) is 27.8 Å². The molecule has 3 N–H and O–H groups in total. The van der Waals surface area contributed by atoms with E-state index in [-0.39, 0.29) is 25.2 Å². The van der Waals surface area contributed by atoms with Crippen LogP contribution < -0.4 is 9.47 Å². The maximum Gasteiger partial charge on any atom is 0.323 e. The third-order valence-electron chi connectivity index (χ3n) is 6.70. The number of rotatable bonds is 7. The summed E-state index contributed by atoms with van der Waals surface area (Å²) in [4.78, 5) is 36.0. The van der Waals surface area contributed by atoms with Crippen LogP contribution in [-0.2, 0) is 16.0 Å². The van der Waals surface area contributed by atoms with Gasteiger partial charge in [0, 0.05) is 17.5 Å². The topological polar surface area (TPSA) is 146 Å². The Morgan fingerprint density at radius 2 is 1.86 bits per heavy atom. The normalized spacial score (nSPS) is 22.2. The molecule has 2 atom stereocenters. The van der Waals surface area contributed by atoms with Crippen LogP contribution in [0.5, 0.6) is 17.2 Å². The molecule has 1 saturated heterocycles. The van der Waals surface area contributed by atoms with Crippen LogP contribution in [0.25, 0.3) is 0 Å². The Balaban J connectivity index is 1.43. The molecule has 2 aromatic rings. The van der Waals surface area contributed by atoms with Gasteiger partial charge in [0.1, 0.15) is 36.0 Å². The summed E-state index contributed by atoms with van der Waals surface area (Å²) in [6.07, 6.45) is 0.545. The van der Waals surface area contributed by atoms with Crippen molar-refractivity contribution in [3.63, 3.8) is 0 Å². The predicted octanol–water partition coefficient (Wildman–Crippen LogP) is 3.81. The number of nitrogens with zero attached hydrogens (tertiary/aromatic N) is 2. The van der Waals surface area contributed by atoms with Crippen LogP contribution in [0.1, 0.15) is 41.2 Å². The monoisotopic (exact) mass is 528 g/mol. The SMILES string of the molecule is Cc1c(C)c2c(c(C)c1O)C(=NO)CC(C)(COc1ccc(CC3SC(=O)N(CC(=O)O)C3=O)cc1)O2. The lowest BCUT2D eigenvalue weighted by atomic mass is 9.86.